The first kappa shape index (κ1) is 10.9. The second kappa shape index (κ2) is 3.55. The van der Waals surface area contributed by atoms with Gasteiger partial charge in [0.1, 0.15) is 0 Å². The van der Waals surface area contributed by atoms with Crippen molar-refractivity contribution in [2.75, 3.05) is 21.1 Å². The summed E-state index contributed by atoms with van der Waals surface area (Å²) in [5.74, 6) is 0.0838. The number of quaternary nitrogens is 1. The van der Waals surface area contributed by atoms with Crippen molar-refractivity contribution in [2.45, 2.75) is 0 Å². The Hall–Kier alpha value is -1.14. The van der Waals surface area contributed by atoms with E-state index in [0.29, 0.717) is 0 Å². The van der Waals surface area contributed by atoms with Gasteiger partial charge in [-0.05, 0) is 6.07 Å². The van der Waals surface area contributed by atoms with Crippen LogP contribution in [0.25, 0.3) is 0 Å². The van der Waals surface area contributed by atoms with Crippen LogP contribution in [0.3, 0.4) is 0 Å². The highest BCUT2D eigenvalue weighted by Gasteiger charge is 2.31. The van der Waals surface area contributed by atoms with Crippen LogP contribution in [-0.4, -0.2) is 38.4 Å². The monoisotopic (exact) mass is 217 g/mol. The molecule has 0 aliphatic rings. The van der Waals surface area contributed by atoms with E-state index in [1.807, 2.05) is 0 Å². The molecule has 0 aromatic carbocycles. The fourth-order valence-electron chi connectivity index (χ4n) is 0.616. The fourth-order valence-corrected chi connectivity index (χ4v) is 1.15. The highest BCUT2D eigenvalue weighted by atomic mass is 32.2. The quantitative estimate of drug-likeness (QED) is 0.688. The van der Waals surface area contributed by atoms with E-state index >= 15 is 0 Å². The van der Waals surface area contributed by atoms with Gasteiger partial charge in [-0.25, -0.2) is 4.98 Å². The van der Waals surface area contributed by atoms with Crippen LogP contribution >= 0.6 is 0 Å². The Bertz CT molecular complexity index is 394. The number of rotatable bonds is 3. The van der Waals surface area contributed by atoms with Crippen molar-refractivity contribution >= 4 is 10.3 Å². The van der Waals surface area contributed by atoms with Crippen molar-refractivity contribution in [3.8, 4) is 5.88 Å². The van der Waals surface area contributed by atoms with Crippen molar-refractivity contribution in [1.82, 2.24) is 4.98 Å². The van der Waals surface area contributed by atoms with Gasteiger partial charge >= 0.3 is 10.3 Å². The summed E-state index contributed by atoms with van der Waals surface area (Å²) in [6.45, 7) is 0. The first-order chi connectivity index (χ1) is 6.33. The van der Waals surface area contributed by atoms with E-state index < -0.39 is 10.3 Å². The minimum Gasteiger partial charge on any atom is -0.321 e. The van der Waals surface area contributed by atoms with Crippen LogP contribution < -0.4 is 4.18 Å². The van der Waals surface area contributed by atoms with Crippen LogP contribution in [0, 0.1) is 0 Å². The molecule has 78 valence electrons. The van der Waals surface area contributed by atoms with Gasteiger partial charge < -0.3 is 4.18 Å². The molecule has 0 fully saturated rings. The molecule has 0 aliphatic heterocycles. The first-order valence-electron chi connectivity index (χ1n) is 4.00. The van der Waals surface area contributed by atoms with Crippen molar-refractivity contribution in [2.24, 2.45) is 0 Å². The standard InChI is InChI=1S/C8H13N2O3S/c1-10(2,3)14(11,12)13-8-6-4-5-7-9-8/h4-7H,1-3H3/q+1. The maximum Gasteiger partial charge on any atom is 0.485 e. The molecule has 6 heteroatoms. The molecule has 0 N–H and O–H groups in total. The third-order valence-corrected chi connectivity index (χ3v) is 3.22. The van der Waals surface area contributed by atoms with Crippen LogP contribution in [-0.2, 0) is 10.3 Å². The Morgan fingerprint density at radius 1 is 1.29 bits per heavy atom. The van der Waals surface area contributed by atoms with Gasteiger partial charge in [0.25, 0.3) is 0 Å². The Kier molecular flexibility index (Phi) is 2.77. The van der Waals surface area contributed by atoms with Crippen LogP contribution in [0.2, 0.25) is 0 Å². The lowest BCUT2D eigenvalue weighted by Crippen LogP contribution is -2.44. The van der Waals surface area contributed by atoms with E-state index in [1.54, 1.807) is 12.1 Å². The molecule has 0 bridgehead atoms. The third-order valence-electron chi connectivity index (χ3n) is 1.50. The molecular weight excluding hydrogens is 204 g/mol. The lowest BCUT2D eigenvalue weighted by molar-refractivity contribution is -0.743. The summed E-state index contributed by atoms with van der Waals surface area (Å²) in [6.07, 6.45) is 1.47. The lowest BCUT2D eigenvalue weighted by atomic mass is 10.5. The Balaban J connectivity index is 2.91. The minimum absolute atomic E-state index is 0.0838. The topological polar surface area (TPSA) is 56.3 Å². The normalized spacial score (nSPS) is 12.5. The number of hydrogen-bond acceptors (Lipinski definition) is 4. The molecule has 14 heavy (non-hydrogen) atoms. The average molecular weight is 217 g/mol. The SMILES string of the molecule is C[N+](C)(C)S(=O)(=O)Oc1ccccn1. The minimum atomic E-state index is -3.68. The zero-order chi connectivity index (χ0) is 10.8. The van der Waals surface area contributed by atoms with Crippen LogP contribution in [0.1, 0.15) is 0 Å². The van der Waals surface area contributed by atoms with Gasteiger partial charge in [0, 0.05) is 12.3 Å². The lowest BCUT2D eigenvalue weighted by Gasteiger charge is -2.20. The molecule has 0 amide bonds. The zero-order valence-corrected chi connectivity index (χ0v) is 9.15. The summed E-state index contributed by atoms with van der Waals surface area (Å²) in [4.78, 5) is 3.77. The third kappa shape index (κ3) is 2.43. The second-order valence-corrected chi connectivity index (χ2v) is 5.69. The van der Waals surface area contributed by atoms with E-state index in [1.165, 1.54) is 33.4 Å². The van der Waals surface area contributed by atoms with Gasteiger partial charge in [-0.15, -0.1) is 8.42 Å². The molecule has 1 heterocycles. The molecule has 0 aliphatic carbocycles. The molecule has 0 atom stereocenters. The van der Waals surface area contributed by atoms with Crippen LogP contribution in [0.15, 0.2) is 24.4 Å². The highest BCUT2D eigenvalue weighted by Crippen LogP contribution is 2.12. The van der Waals surface area contributed by atoms with Crippen LogP contribution in [0.5, 0.6) is 5.88 Å². The summed E-state index contributed by atoms with van der Waals surface area (Å²) < 4.78 is 27.6. The van der Waals surface area contributed by atoms with Gasteiger partial charge in [-0.1, -0.05) is 6.07 Å². The highest BCUT2D eigenvalue weighted by molar-refractivity contribution is 7.81. The summed E-state index contributed by atoms with van der Waals surface area (Å²) >= 11 is 0. The zero-order valence-electron chi connectivity index (χ0n) is 8.34. The summed E-state index contributed by atoms with van der Waals surface area (Å²) in [7, 11) is 0.861. The van der Waals surface area contributed by atoms with E-state index in [9.17, 15) is 8.42 Å². The number of hydrogen-bond donors (Lipinski definition) is 0. The van der Waals surface area contributed by atoms with E-state index in [0.717, 1.165) is 0 Å². The summed E-state index contributed by atoms with van der Waals surface area (Å²) in [5, 5.41) is 0. The van der Waals surface area contributed by atoms with Crippen molar-refractivity contribution < 1.29 is 16.5 Å². The van der Waals surface area contributed by atoms with Crippen molar-refractivity contribution in [3.05, 3.63) is 24.4 Å². The molecule has 5 nitrogen and oxygen atoms in total. The molecule has 0 unspecified atom stereocenters. The molecule has 0 spiro atoms. The smallest absolute Gasteiger partial charge is 0.321 e. The number of pyridine rings is 1. The number of nitrogens with zero attached hydrogens (tertiary/aromatic N) is 2. The van der Waals surface area contributed by atoms with Crippen LogP contribution in [0.4, 0.5) is 0 Å². The molecule has 1 aromatic heterocycles. The molecule has 0 saturated carbocycles. The molecule has 1 rings (SSSR count). The maximum absolute atomic E-state index is 11.5. The van der Waals surface area contributed by atoms with E-state index in [-0.39, 0.29) is 9.77 Å². The predicted molar refractivity (Wildman–Crippen MR) is 51.8 cm³/mol. The summed E-state index contributed by atoms with van der Waals surface area (Å²) in [5.41, 5.74) is 0. The van der Waals surface area contributed by atoms with Gasteiger partial charge in [0.15, 0.2) is 0 Å². The van der Waals surface area contributed by atoms with Gasteiger partial charge in [0.05, 0.1) is 21.1 Å². The second-order valence-electron chi connectivity index (χ2n) is 3.57. The largest absolute Gasteiger partial charge is 0.485 e. The summed E-state index contributed by atoms with van der Waals surface area (Å²) in [6, 6.07) is 4.84. The van der Waals surface area contributed by atoms with Gasteiger partial charge in [-0.2, -0.15) is 3.89 Å². The van der Waals surface area contributed by atoms with E-state index in [4.69, 9.17) is 4.18 Å². The molecule has 0 radical (unpaired) electrons. The average Bonchev–Trinajstić information content (AvgIpc) is 2.03. The van der Waals surface area contributed by atoms with Crippen molar-refractivity contribution in [3.63, 3.8) is 0 Å². The molecule has 0 saturated heterocycles. The molecular formula is C8H13N2O3S+. The van der Waals surface area contributed by atoms with Gasteiger partial charge in [-0.3, -0.25) is 0 Å². The van der Waals surface area contributed by atoms with Crippen molar-refractivity contribution in [1.29, 1.82) is 0 Å². The van der Waals surface area contributed by atoms with Gasteiger partial charge in [0.2, 0.25) is 5.88 Å². The number of aromatic nitrogens is 1. The Labute approximate surface area is 83.8 Å². The van der Waals surface area contributed by atoms with E-state index in [2.05, 4.69) is 4.98 Å². The first-order valence-corrected chi connectivity index (χ1v) is 5.36. The Morgan fingerprint density at radius 3 is 2.36 bits per heavy atom. The Morgan fingerprint density at radius 2 is 1.93 bits per heavy atom. The maximum atomic E-state index is 11.5. The fraction of sp³-hybridized carbons (Fsp3) is 0.375. The predicted octanol–water partition coefficient (Wildman–Crippen LogP) is 0.411. The molecule has 1 aromatic rings.